The molecule has 350 valence electrons. The van der Waals surface area contributed by atoms with Crippen LogP contribution in [0.15, 0.2) is 60.7 Å². The Morgan fingerprint density at radius 1 is 0.831 bits per heavy atom. The van der Waals surface area contributed by atoms with Crippen LogP contribution in [0.2, 0.25) is 0 Å². The molecule has 21 heteroatoms. The number of fused-ring (bicyclic) bond motifs is 1. The fraction of sp³-hybridized carbons (Fsp3) is 0.432. The number of hydrogen-bond donors (Lipinski definition) is 8. The summed E-state index contributed by atoms with van der Waals surface area (Å²) < 4.78 is 18.1. The molecule has 21 nitrogen and oxygen atoms in total. The topological polar surface area (TPSA) is 300 Å². The van der Waals surface area contributed by atoms with Crippen LogP contribution in [0.1, 0.15) is 67.9 Å². The van der Waals surface area contributed by atoms with E-state index in [0.717, 1.165) is 24.0 Å². The van der Waals surface area contributed by atoms with Crippen LogP contribution in [0.25, 0.3) is 17.2 Å². The monoisotopic (exact) mass is 902 g/mol. The largest absolute Gasteiger partial charge is 0.481 e. The number of unbranched alkanes of at least 4 members (excludes halogenated alkanes) is 1. The first kappa shape index (κ1) is 50.5. The van der Waals surface area contributed by atoms with Gasteiger partial charge in [0, 0.05) is 31.1 Å². The van der Waals surface area contributed by atoms with E-state index in [-0.39, 0.29) is 81.7 Å². The van der Waals surface area contributed by atoms with Gasteiger partial charge < -0.3 is 56.7 Å². The van der Waals surface area contributed by atoms with E-state index in [1.165, 1.54) is 10.6 Å². The minimum atomic E-state index is -1.21. The number of aliphatic carboxylic acids is 1. The number of carbonyl (C=O) groups is 6. The molecule has 0 bridgehead atoms. The standard InChI is InChI=1S/C44H58N10O11/c1-4-5-21-65-43-52-38(45)37-39(53-43)54(44(62)51-37)27-30-11-14-31(15-12-30)40(59)46-19-22-63-24-25-64-23-20-47-41(60)32(16-18-35(57)58)49-42(61)36(28(2)3)50-34(56)26-48-33(55)17-13-29-9-7-6-8-10-29/h6-15,17,28,32,36H,4-5,16,18-27H2,1-3H3,(H,46,59)(H,47,60)(H,48,55)(H,49,61)(H,50,56)(H,51,62)(H,57,58)(H2,45,52,53)/b17-13+/t32-,36+/m1/s1. The van der Waals surface area contributed by atoms with Gasteiger partial charge in [-0.1, -0.05) is 69.7 Å². The maximum atomic E-state index is 13.2. The number of imidazole rings is 1. The highest BCUT2D eigenvalue weighted by molar-refractivity contribution is 5.96. The van der Waals surface area contributed by atoms with Crippen molar-refractivity contribution >= 4 is 58.6 Å². The third kappa shape index (κ3) is 17.2. The first-order chi connectivity index (χ1) is 31.2. The molecule has 4 rings (SSSR count). The van der Waals surface area contributed by atoms with Gasteiger partial charge in [-0.2, -0.15) is 15.0 Å². The van der Waals surface area contributed by atoms with Crippen LogP contribution in [-0.4, -0.2) is 130 Å². The summed E-state index contributed by atoms with van der Waals surface area (Å²) >= 11 is 0. The summed E-state index contributed by atoms with van der Waals surface area (Å²) in [7, 11) is 0. The Hall–Kier alpha value is -7.13. The Labute approximate surface area is 375 Å². The first-order valence-electron chi connectivity index (χ1n) is 21.2. The van der Waals surface area contributed by atoms with Crippen LogP contribution in [0.5, 0.6) is 12.0 Å². The molecule has 0 spiro atoms. The fourth-order valence-corrected chi connectivity index (χ4v) is 6.00. The predicted molar refractivity (Wildman–Crippen MR) is 238 cm³/mol. The summed E-state index contributed by atoms with van der Waals surface area (Å²) in [6.07, 6.45) is 4.02. The van der Waals surface area contributed by atoms with Crippen molar-refractivity contribution in [3.63, 3.8) is 0 Å². The third-order valence-electron chi connectivity index (χ3n) is 9.51. The van der Waals surface area contributed by atoms with Crippen LogP contribution >= 0.6 is 0 Å². The summed E-state index contributed by atoms with van der Waals surface area (Å²) in [5, 5.41) is 32.7. The van der Waals surface area contributed by atoms with Crippen LogP contribution in [0.4, 0.5) is 5.82 Å². The molecular formula is C44H58N10O11. The molecule has 0 saturated carbocycles. The normalized spacial score (nSPS) is 12.1. The van der Waals surface area contributed by atoms with Crippen molar-refractivity contribution in [3.8, 4) is 12.0 Å². The number of aromatic hydroxyl groups is 1. The molecule has 0 saturated heterocycles. The van der Waals surface area contributed by atoms with Gasteiger partial charge in [-0.3, -0.25) is 33.3 Å². The number of nitrogens with one attached hydrogen (secondary N) is 5. The maximum absolute atomic E-state index is 13.2. The van der Waals surface area contributed by atoms with E-state index in [0.29, 0.717) is 17.8 Å². The molecule has 2 atom stereocenters. The predicted octanol–water partition coefficient (Wildman–Crippen LogP) is 1.54. The molecule has 9 N–H and O–H groups in total. The summed E-state index contributed by atoms with van der Waals surface area (Å²) in [5.41, 5.74) is 8.59. The summed E-state index contributed by atoms with van der Waals surface area (Å²) in [5.74, 6) is -4.27. The van der Waals surface area contributed by atoms with E-state index in [1.807, 2.05) is 37.3 Å². The van der Waals surface area contributed by atoms with E-state index in [1.54, 1.807) is 44.2 Å². The Morgan fingerprint density at radius 3 is 2.18 bits per heavy atom. The number of carboxylic acids is 1. The molecule has 0 unspecified atom stereocenters. The Bertz CT molecular complexity index is 2230. The Balaban J connectivity index is 1.12. The highest BCUT2D eigenvalue weighted by Crippen LogP contribution is 2.26. The molecule has 4 aromatic rings. The lowest BCUT2D eigenvalue weighted by Gasteiger charge is -2.25. The molecule has 65 heavy (non-hydrogen) atoms. The lowest BCUT2D eigenvalue weighted by atomic mass is 10.0. The quantitative estimate of drug-likeness (QED) is 0.0296. The second kappa shape index (κ2) is 26.5. The van der Waals surface area contributed by atoms with Gasteiger partial charge in [0.15, 0.2) is 17.0 Å². The molecule has 0 aliphatic rings. The zero-order chi connectivity index (χ0) is 47.1. The summed E-state index contributed by atoms with van der Waals surface area (Å²) in [6, 6.07) is 13.4. The average molecular weight is 903 g/mol. The highest BCUT2D eigenvalue weighted by atomic mass is 16.5. The number of carboxylic acid groups (broad SMARTS) is 1. The van der Waals surface area contributed by atoms with E-state index in [9.17, 15) is 39.0 Å². The zero-order valence-electron chi connectivity index (χ0n) is 36.7. The second-order valence-corrected chi connectivity index (χ2v) is 15.0. The molecule has 0 radical (unpaired) electrons. The minimum Gasteiger partial charge on any atom is -0.481 e. The molecule has 0 aliphatic carbocycles. The number of aromatic nitrogens is 4. The second-order valence-electron chi connectivity index (χ2n) is 15.0. The van der Waals surface area contributed by atoms with Crippen molar-refractivity contribution in [2.45, 2.75) is 65.1 Å². The van der Waals surface area contributed by atoms with Gasteiger partial charge in [0.1, 0.15) is 12.1 Å². The van der Waals surface area contributed by atoms with E-state index >= 15 is 0 Å². The van der Waals surface area contributed by atoms with E-state index in [4.69, 9.17) is 19.9 Å². The van der Waals surface area contributed by atoms with E-state index < -0.39 is 60.6 Å². The first-order valence-corrected chi connectivity index (χ1v) is 21.2. The molecule has 5 amide bonds. The Morgan fingerprint density at radius 2 is 1.52 bits per heavy atom. The number of hydrogen-bond acceptors (Lipinski definition) is 14. The van der Waals surface area contributed by atoms with Gasteiger partial charge >= 0.3 is 12.0 Å². The lowest BCUT2D eigenvalue weighted by Crippen LogP contribution is -2.56. The summed E-state index contributed by atoms with van der Waals surface area (Å²) in [6.45, 7) is 6.57. The number of ether oxygens (including phenoxy) is 3. The number of nitrogens with two attached hydrogens (primary N) is 1. The van der Waals surface area contributed by atoms with Crippen LogP contribution < -0.4 is 37.1 Å². The highest BCUT2D eigenvalue weighted by Gasteiger charge is 2.29. The van der Waals surface area contributed by atoms with E-state index in [2.05, 4.69) is 41.5 Å². The maximum Gasteiger partial charge on any atom is 0.320 e. The molecular weight excluding hydrogens is 845 g/mol. The number of benzene rings is 2. The van der Waals surface area contributed by atoms with Gasteiger partial charge in [-0.25, -0.2) is 0 Å². The van der Waals surface area contributed by atoms with Crippen molar-refractivity contribution in [1.82, 2.24) is 46.1 Å². The van der Waals surface area contributed by atoms with Gasteiger partial charge in [-0.15, -0.1) is 0 Å². The number of carbonyl (C=O) groups excluding carboxylic acids is 5. The number of anilines is 1. The zero-order valence-corrected chi connectivity index (χ0v) is 36.7. The SMILES string of the molecule is CCCCOc1nc(N)c2nc(O)n(Cc3ccc(C(=O)NCCOCCOCCNC(=O)[C@@H](CCC(=O)O)NC(=O)[C@@H](NC(=O)CNC(=O)/C=C/c4ccccc4)C(C)C)cc3)c2n1. The molecule has 2 heterocycles. The Kier molecular flexibility index (Phi) is 20.6. The number of nitrogen functional groups attached to an aromatic ring is 1. The van der Waals surface area contributed by atoms with Crippen molar-refractivity contribution in [2.24, 2.45) is 5.92 Å². The average Bonchev–Trinajstić information content (AvgIpc) is 3.60. The summed E-state index contributed by atoms with van der Waals surface area (Å²) in [4.78, 5) is 87.7. The van der Waals surface area contributed by atoms with Crippen molar-refractivity contribution in [2.75, 3.05) is 58.4 Å². The van der Waals surface area contributed by atoms with Crippen molar-refractivity contribution in [1.29, 1.82) is 0 Å². The van der Waals surface area contributed by atoms with Gasteiger partial charge in [0.05, 0.1) is 46.1 Å². The lowest BCUT2D eigenvalue weighted by molar-refractivity contribution is -0.138. The van der Waals surface area contributed by atoms with Crippen molar-refractivity contribution < 1.29 is 53.2 Å². The van der Waals surface area contributed by atoms with Crippen LogP contribution in [0, 0.1) is 5.92 Å². The minimum absolute atomic E-state index is 0.0496. The number of amides is 5. The van der Waals surface area contributed by atoms with Gasteiger partial charge in [0.25, 0.3) is 11.9 Å². The van der Waals surface area contributed by atoms with Crippen LogP contribution in [-0.2, 0) is 40.0 Å². The smallest absolute Gasteiger partial charge is 0.320 e. The van der Waals surface area contributed by atoms with Gasteiger partial charge in [-0.05, 0) is 48.1 Å². The number of nitrogens with zero attached hydrogens (tertiary/aromatic N) is 4. The fourth-order valence-electron chi connectivity index (χ4n) is 6.00. The van der Waals surface area contributed by atoms with Crippen LogP contribution in [0.3, 0.4) is 0 Å². The number of rotatable bonds is 28. The van der Waals surface area contributed by atoms with Gasteiger partial charge in [0.2, 0.25) is 23.6 Å². The molecule has 0 fully saturated rings. The molecule has 2 aromatic carbocycles. The van der Waals surface area contributed by atoms with Crippen molar-refractivity contribution in [3.05, 3.63) is 77.4 Å². The third-order valence-corrected chi connectivity index (χ3v) is 9.51. The molecule has 0 aliphatic heterocycles. The molecule has 2 aromatic heterocycles.